The molecule has 1 aromatic carbocycles. The van der Waals surface area contributed by atoms with Gasteiger partial charge in [0, 0.05) is 42.3 Å². The van der Waals surface area contributed by atoms with E-state index < -0.39 is 83.4 Å². The zero-order valence-corrected chi connectivity index (χ0v) is 34.4. The lowest BCUT2D eigenvalue weighted by molar-refractivity contribution is -0.293. The molecule has 314 valence electrons. The summed E-state index contributed by atoms with van der Waals surface area (Å²) in [5.41, 5.74) is -1.94. The van der Waals surface area contributed by atoms with Gasteiger partial charge in [-0.1, -0.05) is 45.0 Å². The Morgan fingerprint density at radius 3 is 2.37 bits per heavy atom. The molecule has 3 aliphatic rings. The van der Waals surface area contributed by atoms with E-state index in [1.807, 2.05) is 50.2 Å². The molecule has 2 amide bonds. The number of benzene rings is 1. The number of furan rings is 1. The normalized spacial score (nSPS) is 36.8. The van der Waals surface area contributed by atoms with E-state index in [1.165, 1.54) is 20.8 Å². The lowest BCUT2D eigenvalue weighted by atomic mass is 9.73. The molecule has 5 rings (SSSR count). The lowest BCUT2D eigenvalue weighted by Crippen LogP contribution is -2.60. The molecule has 0 spiro atoms. The third kappa shape index (κ3) is 9.60. The van der Waals surface area contributed by atoms with Gasteiger partial charge in [-0.05, 0) is 72.3 Å². The maximum absolute atomic E-state index is 14.2. The largest absolute Gasteiger partial charge is 0.464 e. The molecule has 3 aliphatic heterocycles. The van der Waals surface area contributed by atoms with Crippen LogP contribution in [0.25, 0.3) is 11.3 Å². The van der Waals surface area contributed by atoms with Crippen molar-refractivity contribution in [2.75, 3.05) is 20.6 Å². The molecule has 0 radical (unpaired) electrons. The van der Waals surface area contributed by atoms with Crippen molar-refractivity contribution in [3.63, 3.8) is 0 Å². The number of carbonyl (C=O) groups is 5. The van der Waals surface area contributed by atoms with Gasteiger partial charge in [-0.3, -0.25) is 19.2 Å². The van der Waals surface area contributed by atoms with Crippen molar-refractivity contribution in [1.82, 2.24) is 15.5 Å². The zero-order chi connectivity index (χ0) is 42.0. The summed E-state index contributed by atoms with van der Waals surface area (Å²) in [6, 6.07) is 9.57. The van der Waals surface area contributed by atoms with Crippen LogP contribution in [0.2, 0.25) is 0 Å². The number of alkyl carbamates (subject to hydrolysis) is 1. The number of ether oxygens (including phenoxy) is 4. The van der Waals surface area contributed by atoms with E-state index in [4.69, 9.17) is 23.4 Å². The second-order valence-corrected chi connectivity index (χ2v) is 16.8. The molecule has 0 unspecified atom stereocenters. The van der Waals surface area contributed by atoms with E-state index in [1.54, 1.807) is 39.2 Å². The van der Waals surface area contributed by atoms with Gasteiger partial charge >= 0.3 is 12.1 Å². The Kier molecular flexibility index (Phi) is 13.7. The number of carbonyl (C=O) groups excluding carboxylic acids is 5. The van der Waals surface area contributed by atoms with Gasteiger partial charge in [0.1, 0.15) is 29.7 Å². The van der Waals surface area contributed by atoms with Crippen LogP contribution in [0, 0.1) is 23.7 Å². The van der Waals surface area contributed by atoms with Crippen LogP contribution in [0.4, 0.5) is 4.79 Å². The molecular formula is C42H59N3O12. The van der Waals surface area contributed by atoms with Crippen LogP contribution in [0.5, 0.6) is 0 Å². The van der Waals surface area contributed by atoms with Gasteiger partial charge < -0.3 is 49.1 Å². The molecule has 4 N–H and O–H groups in total. The first-order valence-electron chi connectivity index (χ1n) is 19.8. The minimum atomic E-state index is -1.84. The molecule has 4 heterocycles. The lowest BCUT2D eigenvalue weighted by Gasteiger charge is -2.46. The molecule has 3 fully saturated rings. The van der Waals surface area contributed by atoms with Gasteiger partial charge in [0.05, 0.1) is 36.5 Å². The molecule has 2 aromatic rings. The SMILES string of the molecule is C[C@H]1C(=O)O[C@H](CCNC(=O)Cc2ccccc2-c2ccco2)[C@@]2(C)OC(=O)N[C@H]2[C@@H](C)C(=O)[C@H](C)C[C@@](C)(O)[C@H](O[C@@H]2O[C@H](C)C[C@H](N(C)C)[C@H]2O)[C@@H](C)C1=O. The molecule has 15 heteroatoms. The number of esters is 1. The van der Waals surface area contributed by atoms with Crippen molar-refractivity contribution >= 4 is 29.5 Å². The predicted octanol–water partition coefficient (Wildman–Crippen LogP) is 3.42. The first kappa shape index (κ1) is 44.0. The first-order valence-corrected chi connectivity index (χ1v) is 19.8. The van der Waals surface area contributed by atoms with Crippen molar-refractivity contribution in [3.8, 4) is 11.3 Å². The number of aliphatic hydroxyl groups excluding tert-OH is 1. The average molecular weight is 798 g/mol. The quantitative estimate of drug-likeness (QED) is 0.213. The number of likely N-dealkylation sites (N-methyl/N-ethyl adjacent to an activating group) is 1. The summed E-state index contributed by atoms with van der Waals surface area (Å²) in [4.78, 5) is 70.4. The number of Topliss-reactive ketones (excluding diaryl/α,β-unsaturated/α-hetero) is 2. The second-order valence-electron chi connectivity index (χ2n) is 16.8. The number of aliphatic hydroxyl groups is 2. The van der Waals surface area contributed by atoms with Crippen molar-refractivity contribution in [1.29, 1.82) is 0 Å². The smallest absolute Gasteiger partial charge is 0.408 e. The van der Waals surface area contributed by atoms with Gasteiger partial charge in [-0.15, -0.1) is 0 Å². The van der Waals surface area contributed by atoms with Crippen molar-refractivity contribution in [2.45, 2.75) is 128 Å². The minimum absolute atomic E-state index is 0.00805. The molecule has 1 aromatic heterocycles. The third-order valence-corrected chi connectivity index (χ3v) is 12.0. The number of nitrogens with zero attached hydrogens (tertiary/aromatic N) is 1. The number of nitrogens with one attached hydrogen (secondary N) is 2. The van der Waals surface area contributed by atoms with Crippen LogP contribution in [-0.2, 0) is 44.5 Å². The minimum Gasteiger partial charge on any atom is -0.464 e. The fourth-order valence-corrected chi connectivity index (χ4v) is 8.79. The van der Waals surface area contributed by atoms with Crippen LogP contribution in [0.3, 0.4) is 0 Å². The van der Waals surface area contributed by atoms with E-state index in [0.29, 0.717) is 12.2 Å². The summed E-state index contributed by atoms with van der Waals surface area (Å²) in [5.74, 6) is -5.84. The van der Waals surface area contributed by atoms with Crippen molar-refractivity contribution < 1.29 is 57.6 Å². The van der Waals surface area contributed by atoms with Gasteiger partial charge in [-0.25, -0.2) is 4.79 Å². The average Bonchev–Trinajstić information content (AvgIpc) is 3.80. The number of fused-ring (bicyclic) bond motifs is 1. The van der Waals surface area contributed by atoms with Crippen LogP contribution in [-0.4, -0.2) is 119 Å². The molecule has 13 atom stereocenters. The summed E-state index contributed by atoms with van der Waals surface area (Å²) in [6.45, 7) is 11.0. The Hall–Kier alpha value is -4.15. The number of cyclic esters (lactones) is 1. The van der Waals surface area contributed by atoms with Crippen LogP contribution < -0.4 is 10.6 Å². The summed E-state index contributed by atoms with van der Waals surface area (Å²) >= 11 is 0. The Morgan fingerprint density at radius 2 is 1.70 bits per heavy atom. The highest BCUT2D eigenvalue weighted by Crippen LogP contribution is 2.39. The number of amides is 2. The molecule has 57 heavy (non-hydrogen) atoms. The molecule has 0 aliphatic carbocycles. The fourth-order valence-electron chi connectivity index (χ4n) is 8.79. The highest BCUT2D eigenvalue weighted by Gasteiger charge is 2.57. The molecule has 0 saturated carbocycles. The summed E-state index contributed by atoms with van der Waals surface area (Å²) in [6.07, 6.45) is -4.17. The molecule has 15 nitrogen and oxygen atoms in total. The number of hydrogen-bond donors (Lipinski definition) is 4. The number of ketones is 2. The second kappa shape index (κ2) is 17.8. The van der Waals surface area contributed by atoms with Gasteiger partial charge in [0.15, 0.2) is 17.7 Å². The first-order chi connectivity index (χ1) is 26.7. The van der Waals surface area contributed by atoms with Gasteiger partial charge in [-0.2, -0.15) is 0 Å². The van der Waals surface area contributed by atoms with Gasteiger partial charge in [0.2, 0.25) is 5.91 Å². The van der Waals surface area contributed by atoms with E-state index in [2.05, 4.69) is 10.6 Å². The van der Waals surface area contributed by atoms with Gasteiger partial charge in [0.25, 0.3) is 0 Å². The van der Waals surface area contributed by atoms with E-state index in [-0.39, 0.29) is 49.6 Å². The van der Waals surface area contributed by atoms with E-state index in [0.717, 1.165) is 11.1 Å². The molecule has 0 bridgehead atoms. The standard InChI is InChI=1S/C42H59N3O12/c1-22-21-41(6,52)37(56-39-35(49)29(45(8)9)19-23(2)54-39)25(4)34(48)26(5)38(50)55-31(42(7)36(24(3)33(22)47)44-40(51)57-42)16-17-43-32(46)20-27-13-10-11-14-28(27)30-15-12-18-53-30/h10-15,18,22-26,29,31,35-37,39,49,52H,16-17,19-21H2,1-9H3,(H,43,46)(H,44,51)/t22-,23-,24+,25+,26-,29+,31-,35-,36+,37-,39+,41-,42-/m1/s1. The maximum Gasteiger partial charge on any atom is 0.408 e. The highest BCUT2D eigenvalue weighted by molar-refractivity contribution is 6.00. The summed E-state index contributed by atoms with van der Waals surface area (Å²) < 4.78 is 29.8. The maximum atomic E-state index is 14.2. The van der Waals surface area contributed by atoms with E-state index in [9.17, 15) is 34.2 Å². The summed E-state index contributed by atoms with van der Waals surface area (Å²) in [7, 11) is 3.64. The topological polar surface area (TPSA) is 203 Å². The van der Waals surface area contributed by atoms with E-state index >= 15 is 0 Å². The third-order valence-electron chi connectivity index (χ3n) is 12.0. The Bertz CT molecular complexity index is 1760. The van der Waals surface area contributed by atoms with Crippen LogP contribution >= 0.6 is 0 Å². The predicted molar refractivity (Wildman–Crippen MR) is 206 cm³/mol. The van der Waals surface area contributed by atoms with Crippen LogP contribution in [0.15, 0.2) is 47.1 Å². The highest BCUT2D eigenvalue weighted by atomic mass is 16.7. The van der Waals surface area contributed by atoms with Crippen LogP contribution in [0.1, 0.15) is 73.3 Å². The number of hydrogen-bond acceptors (Lipinski definition) is 13. The monoisotopic (exact) mass is 797 g/mol. The fraction of sp³-hybridized carbons (Fsp3) is 0.643. The Balaban J connectivity index is 1.42. The van der Waals surface area contributed by atoms with Crippen molar-refractivity contribution in [2.24, 2.45) is 23.7 Å². The molecular weight excluding hydrogens is 738 g/mol. The zero-order valence-electron chi connectivity index (χ0n) is 34.4. The Labute approximate surface area is 334 Å². The number of rotatable bonds is 9. The Morgan fingerprint density at radius 1 is 1.00 bits per heavy atom. The summed E-state index contributed by atoms with van der Waals surface area (Å²) in [5, 5.41) is 29.0. The van der Waals surface area contributed by atoms with Crippen molar-refractivity contribution in [3.05, 3.63) is 48.2 Å². The molecule has 3 saturated heterocycles.